The molecular weight excluding hydrogens is 328 g/mol. The van der Waals surface area contributed by atoms with Crippen LogP contribution in [0.5, 0.6) is 5.75 Å². The summed E-state index contributed by atoms with van der Waals surface area (Å²) in [4.78, 5) is 25.3. The second-order valence-corrected chi connectivity index (χ2v) is 6.06. The van der Waals surface area contributed by atoms with Crippen LogP contribution in [-0.4, -0.2) is 15.6 Å². The number of benzene rings is 2. The van der Waals surface area contributed by atoms with Crippen molar-refractivity contribution in [3.63, 3.8) is 0 Å². The number of amides is 1. The van der Waals surface area contributed by atoms with E-state index in [4.69, 9.17) is 0 Å². The van der Waals surface area contributed by atoms with Gasteiger partial charge in [0.25, 0.3) is 11.5 Å². The van der Waals surface area contributed by atoms with Gasteiger partial charge < -0.3 is 15.0 Å². The lowest BCUT2D eigenvalue weighted by molar-refractivity contribution is 0.102. The molecule has 0 saturated carbocycles. The molecule has 2 N–H and O–H groups in total. The third-order valence-electron chi connectivity index (χ3n) is 4.21. The van der Waals surface area contributed by atoms with E-state index in [1.165, 1.54) is 10.6 Å². The number of hydrogen-bond acceptors (Lipinski definition) is 3. The number of carbonyl (C=O) groups excluding carboxylic acids is 1. The van der Waals surface area contributed by atoms with E-state index in [9.17, 15) is 14.7 Å². The highest BCUT2D eigenvalue weighted by atomic mass is 16.3. The van der Waals surface area contributed by atoms with Crippen molar-refractivity contribution in [2.75, 3.05) is 5.32 Å². The van der Waals surface area contributed by atoms with Crippen molar-refractivity contribution in [3.8, 4) is 5.75 Å². The minimum Gasteiger partial charge on any atom is -0.507 e. The lowest BCUT2D eigenvalue weighted by Crippen LogP contribution is -2.31. The van der Waals surface area contributed by atoms with Gasteiger partial charge in [0, 0.05) is 24.0 Å². The summed E-state index contributed by atoms with van der Waals surface area (Å²) in [6.07, 6.45) is 0.659. The van der Waals surface area contributed by atoms with Crippen molar-refractivity contribution < 1.29 is 9.90 Å². The molecule has 0 fully saturated rings. The molecule has 0 aliphatic heterocycles. The van der Waals surface area contributed by atoms with Crippen LogP contribution in [0.15, 0.2) is 71.5 Å². The molecule has 1 amide bonds. The van der Waals surface area contributed by atoms with Crippen LogP contribution in [0, 0.1) is 6.92 Å². The summed E-state index contributed by atoms with van der Waals surface area (Å²) in [7, 11) is 0. The van der Waals surface area contributed by atoms with Crippen LogP contribution in [-0.2, 0) is 13.0 Å². The van der Waals surface area contributed by atoms with Gasteiger partial charge in [-0.25, -0.2) is 0 Å². The maximum Gasteiger partial charge on any atom is 0.267 e. The van der Waals surface area contributed by atoms with Crippen molar-refractivity contribution in [3.05, 3.63) is 93.9 Å². The molecule has 26 heavy (non-hydrogen) atoms. The van der Waals surface area contributed by atoms with Crippen LogP contribution in [0.4, 0.5) is 5.69 Å². The van der Waals surface area contributed by atoms with Gasteiger partial charge in [-0.3, -0.25) is 9.59 Å². The Hall–Kier alpha value is -3.34. The van der Waals surface area contributed by atoms with Crippen molar-refractivity contribution in [1.29, 1.82) is 0 Å². The molecule has 0 aliphatic carbocycles. The molecule has 3 aromatic rings. The van der Waals surface area contributed by atoms with Gasteiger partial charge in [-0.05, 0) is 31.0 Å². The Morgan fingerprint density at radius 1 is 1.04 bits per heavy atom. The lowest BCUT2D eigenvalue weighted by atomic mass is 10.1. The number of nitrogens with zero attached hydrogens (tertiary/aromatic N) is 1. The fourth-order valence-electron chi connectivity index (χ4n) is 2.84. The third kappa shape index (κ3) is 3.83. The summed E-state index contributed by atoms with van der Waals surface area (Å²) in [5.41, 5.74) is 1.54. The molecule has 3 rings (SSSR count). The maximum absolute atomic E-state index is 12.8. The number of aromatic nitrogens is 1. The van der Waals surface area contributed by atoms with Crippen molar-refractivity contribution in [2.24, 2.45) is 0 Å². The van der Waals surface area contributed by atoms with Gasteiger partial charge in [0.1, 0.15) is 11.3 Å². The second-order valence-electron chi connectivity index (χ2n) is 6.06. The smallest absolute Gasteiger partial charge is 0.267 e. The zero-order valence-corrected chi connectivity index (χ0v) is 14.5. The number of para-hydroxylation sites is 1. The molecule has 5 nitrogen and oxygen atoms in total. The maximum atomic E-state index is 12.8. The number of aryl methyl sites for hydroxylation is 2. The average molecular weight is 348 g/mol. The first-order valence-corrected chi connectivity index (χ1v) is 8.40. The normalized spacial score (nSPS) is 10.5. The molecule has 5 heteroatoms. The molecule has 1 heterocycles. The highest BCUT2D eigenvalue weighted by Gasteiger charge is 2.19. The van der Waals surface area contributed by atoms with E-state index < -0.39 is 11.5 Å². The van der Waals surface area contributed by atoms with E-state index in [0.29, 0.717) is 24.3 Å². The monoisotopic (exact) mass is 348 g/mol. The van der Waals surface area contributed by atoms with Crippen molar-refractivity contribution in [2.45, 2.75) is 19.9 Å². The van der Waals surface area contributed by atoms with Crippen LogP contribution in [0.25, 0.3) is 0 Å². The van der Waals surface area contributed by atoms with E-state index in [1.807, 2.05) is 36.4 Å². The third-order valence-corrected chi connectivity index (χ3v) is 4.21. The van der Waals surface area contributed by atoms with Crippen molar-refractivity contribution in [1.82, 2.24) is 4.57 Å². The fraction of sp³-hybridized carbons (Fsp3) is 0.143. The first-order valence-electron chi connectivity index (χ1n) is 8.40. The minimum absolute atomic E-state index is 0.243. The molecule has 1 aromatic heterocycles. The summed E-state index contributed by atoms with van der Waals surface area (Å²) in [5, 5.41) is 12.8. The zero-order chi connectivity index (χ0) is 18.5. The van der Waals surface area contributed by atoms with E-state index >= 15 is 0 Å². The Kier molecular flexibility index (Phi) is 5.17. The fourth-order valence-corrected chi connectivity index (χ4v) is 2.84. The van der Waals surface area contributed by atoms with E-state index in [1.54, 1.807) is 31.2 Å². The molecule has 0 bridgehead atoms. The minimum atomic E-state index is -0.618. The Labute approximate surface area is 151 Å². The zero-order valence-electron chi connectivity index (χ0n) is 14.5. The summed E-state index contributed by atoms with van der Waals surface area (Å²) in [5.74, 6) is -0.927. The number of rotatable bonds is 5. The first kappa shape index (κ1) is 17.5. The molecule has 0 spiro atoms. The van der Waals surface area contributed by atoms with Gasteiger partial charge in [-0.2, -0.15) is 0 Å². The van der Waals surface area contributed by atoms with Crippen LogP contribution < -0.4 is 10.9 Å². The topological polar surface area (TPSA) is 71.3 Å². The van der Waals surface area contributed by atoms with E-state index in [-0.39, 0.29) is 11.3 Å². The predicted octanol–water partition coefficient (Wildman–Crippen LogP) is 3.36. The lowest BCUT2D eigenvalue weighted by Gasteiger charge is -2.14. The Morgan fingerprint density at radius 2 is 1.65 bits per heavy atom. The summed E-state index contributed by atoms with van der Waals surface area (Å²) < 4.78 is 1.52. The number of anilines is 1. The van der Waals surface area contributed by atoms with Gasteiger partial charge in [-0.15, -0.1) is 0 Å². The number of pyridine rings is 1. The molecule has 0 aliphatic rings. The Balaban J connectivity index is 1.88. The van der Waals surface area contributed by atoms with E-state index in [0.717, 1.165) is 5.56 Å². The summed E-state index contributed by atoms with van der Waals surface area (Å²) >= 11 is 0. The highest BCUT2D eigenvalue weighted by molar-refractivity contribution is 6.05. The molecule has 0 radical (unpaired) electrons. The van der Waals surface area contributed by atoms with E-state index in [2.05, 4.69) is 5.32 Å². The standard InChI is InChI=1S/C21H20N2O3/c1-15-14-18(24)19(20(25)22-17-10-6-3-7-11-17)21(26)23(15)13-12-16-8-4-2-5-9-16/h2-11,14,24H,12-13H2,1H3,(H,22,25). The van der Waals surface area contributed by atoms with Crippen LogP contribution >= 0.6 is 0 Å². The molecule has 0 atom stereocenters. The first-order chi connectivity index (χ1) is 12.6. The Morgan fingerprint density at radius 3 is 2.31 bits per heavy atom. The number of aromatic hydroxyl groups is 1. The van der Waals surface area contributed by atoms with Crippen LogP contribution in [0.1, 0.15) is 21.6 Å². The molecule has 0 saturated heterocycles. The van der Waals surface area contributed by atoms with Gasteiger partial charge in [0.2, 0.25) is 0 Å². The van der Waals surface area contributed by atoms with Crippen LogP contribution in [0.2, 0.25) is 0 Å². The van der Waals surface area contributed by atoms with Gasteiger partial charge in [0.15, 0.2) is 0 Å². The number of carbonyl (C=O) groups is 1. The highest BCUT2D eigenvalue weighted by Crippen LogP contribution is 2.17. The number of nitrogens with one attached hydrogen (secondary N) is 1. The van der Waals surface area contributed by atoms with Crippen LogP contribution in [0.3, 0.4) is 0 Å². The average Bonchev–Trinajstić information content (AvgIpc) is 2.63. The largest absolute Gasteiger partial charge is 0.507 e. The second kappa shape index (κ2) is 7.70. The van der Waals surface area contributed by atoms with Gasteiger partial charge >= 0.3 is 0 Å². The summed E-state index contributed by atoms with van der Waals surface area (Å²) in [6, 6.07) is 20.1. The van der Waals surface area contributed by atoms with Gasteiger partial charge in [0.05, 0.1) is 0 Å². The Bertz CT molecular complexity index is 964. The predicted molar refractivity (Wildman–Crippen MR) is 102 cm³/mol. The van der Waals surface area contributed by atoms with Crippen molar-refractivity contribution >= 4 is 11.6 Å². The SMILES string of the molecule is Cc1cc(O)c(C(=O)Nc2ccccc2)c(=O)n1CCc1ccccc1. The quantitative estimate of drug-likeness (QED) is 0.743. The molecular formula is C21H20N2O3. The molecule has 2 aromatic carbocycles. The molecule has 0 unspecified atom stereocenters. The molecule has 132 valence electrons. The van der Waals surface area contributed by atoms with Gasteiger partial charge in [-0.1, -0.05) is 48.5 Å². The number of hydrogen-bond donors (Lipinski definition) is 2. The summed E-state index contributed by atoms with van der Waals surface area (Å²) in [6.45, 7) is 2.17.